The zero-order valence-electron chi connectivity index (χ0n) is 19.1. The molecule has 1 unspecified atom stereocenters. The molecule has 0 aliphatic carbocycles. The van der Waals surface area contributed by atoms with Gasteiger partial charge in [0.15, 0.2) is 5.41 Å². The van der Waals surface area contributed by atoms with Crippen LogP contribution >= 0.6 is 0 Å². The van der Waals surface area contributed by atoms with Crippen LogP contribution in [0.3, 0.4) is 0 Å². The van der Waals surface area contributed by atoms with Gasteiger partial charge in [-0.2, -0.15) is 5.26 Å². The highest BCUT2D eigenvalue weighted by Crippen LogP contribution is 2.34. The number of amides is 2. The summed E-state index contributed by atoms with van der Waals surface area (Å²) in [4.78, 5) is 30.0. The van der Waals surface area contributed by atoms with Gasteiger partial charge in [-0.1, -0.05) is 36.4 Å². The van der Waals surface area contributed by atoms with E-state index in [1.807, 2.05) is 42.0 Å². The maximum atomic E-state index is 13.2. The summed E-state index contributed by atoms with van der Waals surface area (Å²) in [7, 11) is 1.58. The number of ether oxygens (including phenoxy) is 1. The van der Waals surface area contributed by atoms with E-state index in [0.717, 1.165) is 16.9 Å². The van der Waals surface area contributed by atoms with Crippen LogP contribution in [0.2, 0.25) is 0 Å². The number of hydrazine groups is 1. The number of aromatic nitrogens is 2. The lowest BCUT2D eigenvalue weighted by Gasteiger charge is -2.37. The van der Waals surface area contributed by atoms with Crippen molar-refractivity contribution in [1.82, 2.24) is 20.0 Å². The van der Waals surface area contributed by atoms with Gasteiger partial charge in [0, 0.05) is 18.8 Å². The summed E-state index contributed by atoms with van der Waals surface area (Å²) >= 11 is 0. The molecule has 1 atom stereocenters. The van der Waals surface area contributed by atoms with Gasteiger partial charge in [-0.25, -0.2) is 4.98 Å². The molecule has 1 saturated heterocycles. The van der Waals surface area contributed by atoms with E-state index in [1.54, 1.807) is 43.8 Å². The summed E-state index contributed by atoms with van der Waals surface area (Å²) in [5.74, 6) is -0.243. The zero-order chi connectivity index (χ0) is 24.1. The second-order valence-electron chi connectivity index (χ2n) is 8.11. The van der Waals surface area contributed by atoms with Crippen LogP contribution in [0.4, 0.5) is 0 Å². The van der Waals surface area contributed by atoms with Crippen molar-refractivity contribution in [2.45, 2.75) is 25.2 Å². The van der Waals surface area contributed by atoms with Crippen molar-refractivity contribution in [1.29, 1.82) is 5.26 Å². The van der Waals surface area contributed by atoms with Crippen molar-refractivity contribution in [2.75, 3.05) is 13.7 Å². The molecule has 4 rings (SSSR count). The Balaban J connectivity index is 1.48. The van der Waals surface area contributed by atoms with Crippen molar-refractivity contribution in [3.63, 3.8) is 0 Å². The Bertz CT molecular complexity index is 1280. The number of hydrogen-bond acceptors (Lipinski definition) is 5. The van der Waals surface area contributed by atoms with Crippen molar-refractivity contribution in [2.24, 2.45) is 0 Å². The Morgan fingerprint density at radius 1 is 1.26 bits per heavy atom. The molecular weight excluding hydrogens is 430 g/mol. The molecular formula is C26H25N5O3. The van der Waals surface area contributed by atoms with E-state index in [9.17, 15) is 14.9 Å². The highest BCUT2D eigenvalue weighted by atomic mass is 16.5. The third kappa shape index (κ3) is 4.41. The molecule has 1 N–H and O–H groups in total. The van der Waals surface area contributed by atoms with Gasteiger partial charge in [0.1, 0.15) is 5.75 Å². The van der Waals surface area contributed by atoms with Crippen LogP contribution in [-0.2, 0) is 15.0 Å². The van der Waals surface area contributed by atoms with Gasteiger partial charge in [0.2, 0.25) is 0 Å². The molecule has 0 radical (unpaired) electrons. The first-order chi connectivity index (χ1) is 16.5. The number of carbonyl (C=O) groups is 2. The molecule has 1 fully saturated rings. The Morgan fingerprint density at radius 3 is 2.74 bits per heavy atom. The lowest BCUT2D eigenvalue weighted by Crippen LogP contribution is -2.57. The number of rotatable bonds is 6. The normalized spacial score (nSPS) is 18.0. The van der Waals surface area contributed by atoms with Crippen LogP contribution in [0.25, 0.3) is 11.8 Å². The van der Waals surface area contributed by atoms with Gasteiger partial charge in [0.05, 0.1) is 30.9 Å². The molecule has 8 heteroatoms. The molecule has 2 amide bonds. The first kappa shape index (κ1) is 22.8. The van der Waals surface area contributed by atoms with E-state index in [2.05, 4.69) is 16.5 Å². The number of hydrogen-bond donors (Lipinski definition) is 1. The fourth-order valence-corrected chi connectivity index (χ4v) is 4.11. The van der Waals surface area contributed by atoms with Gasteiger partial charge < -0.3 is 9.30 Å². The number of carbonyl (C=O) groups excluding carboxylic acids is 2. The number of nitriles is 1. The summed E-state index contributed by atoms with van der Waals surface area (Å²) in [6.45, 7) is 2.26. The second kappa shape index (κ2) is 9.63. The molecule has 2 heterocycles. The minimum absolute atomic E-state index is 0.349. The van der Waals surface area contributed by atoms with Gasteiger partial charge in [-0.15, -0.1) is 0 Å². The van der Waals surface area contributed by atoms with Crippen LogP contribution < -0.4 is 10.2 Å². The van der Waals surface area contributed by atoms with E-state index in [4.69, 9.17) is 4.74 Å². The number of aryl methyl sites for hydroxylation is 1. The van der Waals surface area contributed by atoms with Gasteiger partial charge in [-0.05, 0) is 49.1 Å². The molecule has 8 nitrogen and oxygen atoms in total. The van der Waals surface area contributed by atoms with E-state index < -0.39 is 17.2 Å². The van der Waals surface area contributed by atoms with Gasteiger partial charge in [0.25, 0.3) is 11.8 Å². The average molecular weight is 456 g/mol. The van der Waals surface area contributed by atoms with E-state index in [-0.39, 0.29) is 0 Å². The van der Waals surface area contributed by atoms with Crippen LogP contribution in [0.1, 0.15) is 29.7 Å². The van der Waals surface area contributed by atoms with Gasteiger partial charge >= 0.3 is 0 Å². The lowest BCUT2D eigenvalue weighted by atomic mass is 9.75. The monoisotopic (exact) mass is 455 g/mol. The van der Waals surface area contributed by atoms with E-state index >= 15 is 0 Å². The van der Waals surface area contributed by atoms with Gasteiger partial charge in [-0.3, -0.25) is 20.0 Å². The summed E-state index contributed by atoms with van der Waals surface area (Å²) in [6.07, 6.45) is 7.62. The fourth-order valence-electron chi connectivity index (χ4n) is 4.11. The Labute approximate surface area is 198 Å². The summed E-state index contributed by atoms with van der Waals surface area (Å²) in [5.41, 5.74) is 4.45. The maximum Gasteiger partial charge on any atom is 0.265 e. The smallest absolute Gasteiger partial charge is 0.265 e. The Kier molecular flexibility index (Phi) is 6.46. The van der Waals surface area contributed by atoms with Crippen molar-refractivity contribution in [3.8, 4) is 17.5 Å². The minimum atomic E-state index is -1.30. The standard InChI is InChI=1S/C26H25N5O3/c1-19-16-30(18-28-19)22-11-9-20(15-23(22)34-2)10-12-24(32)29-31-14-6-13-26(17-27,25(31)33)21-7-4-3-5-8-21/h3-5,7-12,15-16,18H,6,13-14H2,1-2H3,(H,29,32). The number of imidazole rings is 1. The highest BCUT2D eigenvalue weighted by Gasteiger charge is 2.46. The topological polar surface area (TPSA) is 100 Å². The number of methoxy groups -OCH3 is 1. The number of piperidine rings is 1. The molecule has 3 aromatic rings. The number of nitrogens with zero attached hydrogens (tertiary/aromatic N) is 4. The third-order valence-corrected chi connectivity index (χ3v) is 5.87. The van der Waals surface area contributed by atoms with Crippen LogP contribution in [0.15, 0.2) is 67.1 Å². The predicted molar refractivity (Wildman–Crippen MR) is 127 cm³/mol. The number of nitrogens with one attached hydrogen (secondary N) is 1. The summed E-state index contributed by atoms with van der Waals surface area (Å²) < 4.78 is 7.37. The summed E-state index contributed by atoms with van der Waals surface area (Å²) in [6, 6.07) is 16.7. The fraction of sp³-hybridized carbons (Fsp3) is 0.231. The molecule has 1 aliphatic rings. The summed E-state index contributed by atoms with van der Waals surface area (Å²) in [5, 5.41) is 11.1. The molecule has 0 spiro atoms. The van der Waals surface area contributed by atoms with Crippen LogP contribution in [0, 0.1) is 18.3 Å². The second-order valence-corrected chi connectivity index (χ2v) is 8.11. The quantitative estimate of drug-likeness (QED) is 0.575. The molecule has 34 heavy (non-hydrogen) atoms. The Hall–Kier alpha value is -4.38. The SMILES string of the molecule is COc1cc(C=CC(=O)NN2CCCC(C#N)(c3ccccc3)C2=O)ccc1-n1cnc(C)c1. The first-order valence-corrected chi connectivity index (χ1v) is 10.9. The average Bonchev–Trinajstić information content (AvgIpc) is 3.30. The first-order valence-electron chi connectivity index (χ1n) is 10.9. The van der Waals surface area contributed by atoms with E-state index in [0.29, 0.717) is 30.7 Å². The lowest BCUT2D eigenvalue weighted by molar-refractivity contribution is -0.146. The Morgan fingerprint density at radius 2 is 2.06 bits per heavy atom. The minimum Gasteiger partial charge on any atom is -0.495 e. The maximum absolute atomic E-state index is 13.2. The molecule has 2 aromatic carbocycles. The molecule has 1 aromatic heterocycles. The van der Waals surface area contributed by atoms with Crippen molar-refractivity contribution in [3.05, 3.63) is 84.0 Å². The largest absolute Gasteiger partial charge is 0.495 e. The van der Waals surface area contributed by atoms with Crippen LogP contribution in [-0.4, -0.2) is 40.0 Å². The third-order valence-electron chi connectivity index (χ3n) is 5.87. The number of benzene rings is 2. The van der Waals surface area contributed by atoms with Crippen molar-refractivity contribution < 1.29 is 14.3 Å². The van der Waals surface area contributed by atoms with Crippen LogP contribution in [0.5, 0.6) is 5.75 Å². The molecule has 1 aliphatic heterocycles. The van der Waals surface area contributed by atoms with E-state index in [1.165, 1.54) is 11.1 Å². The van der Waals surface area contributed by atoms with Crippen molar-refractivity contribution >= 4 is 17.9 Å². The predicted octanol–water partition coefficient (Wildman–Crippen LogP) is 3.32. The zero-order valence-corrected chi connectivity index (χ0v) is 19.1. The molecule has 172 valence electrons. The highest BCUT2D eigenvalue weighted by molar-refractivity contribution is 5.96. The molecule has 0 bridgehead atoms. The molecule has 0 saturated carbocycles.